The predicted molar refractivity (Wildman–Crippen MR) is 91.1 cm³/mol. The van der Waals surface area contributed by atoms with Gasteiger partial charge in [0.25, 0.3) is 0 Å². The zero-order valence-corrected chi connectivity index (χ0v) is 15.1. The smallest absolute Gasteiger partial charge is 0.410 e. The van der Waals surface area contributed by atoms with Crippen LogP contribution in [0, 0.1) is 0 Å². The third-order valence-electron chi connectivity index (χ3n) is 3.37. The lowest BCUT2D eigenvalue weighted by Crippen LogP contribution is -2.39. The molecule has 0 unspecified atom stereocenters. The van der Waals surface area contributed by atoms with Gasteiger partial charge in [-0.2, -0.15) is 0 Å². The molecule has 1 aromatic rings. The quantitative estimate of drug-likeness (QED) is 0.773. The molecule has 0 saturated heterocycles. The van der Waals surface area contributed by atoms with Gasteiger partial charge in [-0.25, -0.2) is 4.79 Å². The molecule has 0 bridgehead atoms. The van der Waals surface area contributed by atoms with Gasteiger partial charge in [-0.15, -0.1) is 0 Å². The van der Waals surface area contributed by atoms with Gasteiger partial charge in [0, 0.05) is 23.1 Å². The van der Waals surface area contributed by atoms with E-state index in [2.05, 4.69) is 22.0 Å². The highest BCUT2D eigenvalue weighted by atomic mass is 79.9. The molecular formula is C17H22BrNO3. The molecule has 0 radical (unpaired) electrons. The van der Waals surface area contributed by atoms with E-state index >= 15 is 0 Å². The number of methoxy groups -OCH3 is 1. The molecule has 120 valence electrons. The van der Waals surface area contributed by atoms with Gasteiger partial charge in [0.1, 0.15) is 11.4 Å². The molecular weight excluding hydrogens is 346 g/mol. The molecule has 0 aliphatic carbocycles. The van der Waals surface area contributed by atoms with Crippen LogP contribution in [0.5, 0.6) is 5.75 Å². The molecule has 1 aliphatic rings. The fraction of sp³-hybridized carbons (Fsp3) is 0.471. The van der Waals surface area contributed by atoms with Gasteiger partial charge in [0.05, 0.1) is 7.11 Å². The van der Waals surface area contributed by atoms with E-state index in [1.807, 2.05) is 39.0 Å². The van der Waals surface area contributed by atoms with E-state index in [0.29, 0.717) is 13.1 Å². The van der Waals surface area contributed by atoms with Gasteiger partial charge in [0.15, 0.2) is 0 Å². The highest BCUT2D eigenvalue weighted by Crippen LogP contribution is 2.32. The minimum Gasteiger partial charge on any atom is -0.496 e. The van der Waals surface area contributed by atoms with E-state index in [-0.39, 0.29) is 6.09 Å². The van der Waals surface area contributed by atoms with Crippen molar-refractivity contribution < 1.29 is 14.3 Å². The van der Waals surface area contributed by atoms with Crippen molar-refractivity contribution in [1.82, 2.24) is 4.90 Å². The summed E-state index contributed by atoms with van der Waals surface area (Å²) in [4.78, 5) is 13.8. The number of carbonyl (C=O) groups is 1. The van der Waals surface area contributed by atoms with Gasteiger partial charge in [-0.1, -0.05) is 22.0 Å². The Labute approximate surface area is 140 Å². The second-order valence-corrected chi connectivity index (χ2v) is 7.17. The van der Waals surface area contributed by atoms with E-state index < -0.39 is 5.60 Å². The molecule has 0 saturated carbocycles. The van der Waals surface area contributed by atoms with Crippen LogP contribution in [0.4, 0.5) is 4.79 Å². The molecule has 0 aromatic heterocycles. The van der Waals surface area contributed by atoms with Gasteiger partial charge in [0.2, 0.25) is 0 Å². The monoisotopic (exact) mass is 367 g/mol. The largest absolute Gasteiger partial charge is 0.496 e. The van der Waals surface area contributed by atoms with Crippen LogP contribution in [-0.4, -0.2) is 36.8 Å². The summed E-state index contributed by atoms with van der Waals surface area (Å²) in [5.74, 6) is 0.839. The van der Waals surface area contributed by atoms with Crippen LogP contribution in [0.2, 0.25) is 0 Å². The first-order valence-electron chi connectivity index (χ1n) is 7.31. The highest BCUT2D eigenvalue weighted by Gasteiger charge is 2.24. The number of benzene rings is 1. The van der Waals surface area contributed by atoms with Crippen LogP contribution in [0.3, 0.4) is 0 Å². The molecule has 5 heteroatoms. The van der Waals surface area contributed by atoms with E-state index in [4.69, 9.17) is 9.47 Å². The number of hydrogen-bond acceptors (Lipinski definition) is 3. The highest BCUT2D eigenvalue weighted by molar-refractivity contribution is 9.10. The molecule has 22 heavy (non-hydrogen) atoms. The summed E-state index contributed by atoms with van der Waals surface area (Å²) in [6.45, 7) is 6.85. The van der Waals surface area contributed by atoms with E-state index in [1.54, 1.807) is 12.0 Å². The van der Waals surface area contributed by atoms with Crippen LogP contribution in [0.15, 0.2) is 28.7 Å². The second kappa shape index (κ2) is 6.73. The van der Waals surface area contributed by atoms with Crippen LogP contribution < -0.4 is 4.74 Å². The Morgan fingerprint density at radius 3 is 2.59 bits per heavy atom. The van der Waals surface area contributed by atoms with Crippen molar-refractivity contribution in [2.75, 3.05) is 20.2 Å². The standard InChI is InChI=1S/C17H22BrNO3/c1-17(2,3)22-16(20)19-9-7-12(8-10-19)14-6-5-13(18)11-15(14)21-4/h5-7,11H,8-10H2,1-4H3. The first-order chi connectivity index (χ1) is 10.3. The summed E-state index contributed by atoms with van der Waals surface area (Å²) in [6.07, 6.45) is 2.60. The minimum absolute atomic E-state index is 0.259. The van der Waals surface area contributed by atoms with Crippen LogP contribution in [0.25, 0.3) is 5.57 Å². The van der Waals surface area contributed by atoms with Crippen molar-refractivity contribution in [2.24, 2.45) is 0 Å². The lowest BCUT2D eigenvalue weighted by molar-refractivity contribution is 0.0270. The SMILES string of the molecule is COc1cc(Br)ccc1C1=CCN(C(=O)OC(C)(C)C)CC1. The minimum atomic E-state index is -0.462. The Kier molecular flexibility index (Phi) is 5.16. The fourth-order valence-electron chi connectivity index (χ4n) is 2.34. The first kappa shape index (κ1) is 16.9. The molecule has 0 atom stereocenters. The van der Waals surface area contributed by atoms with Crippen molar-refractivity contribution in [2.45, 2.75) is 32.8 Å². The number of carbonyl (C=O) groups excluding carboxylic acids is 1. The maximum absolute atomic E-state index is 12.1. The number of nitrogens with zero attached hydrogens (tertiary/aromatic N) is 1. The molecule has 1 aromatic carbocycles. The van der Waals surface area contributed by atoms with Crippen LogP contribution in [0.1, 0.15) is 32.8 Å². The Hall–Kier alpha value is -1.49. The molecule has 0 N–H and O–H groups in total. The van der Waals surface area contributed by atoms with Crippen LogP contribution >= 0.6 is 15.9 Å². The van der Waals surface area contributed by atoms with Gasteiger partial charge in [-0.05, 0) is 51.0 Å². The van der Waals surface area contributed by atoms with E-state index in [0.717, 1.165) is 22.2 Å². The van der Waals surface area contributed by atoms with E-state index in [1.165, 1.54) is 5.57 Å². The third-order valence-corrected chi connectivity index (χ3v) is 3.86. The van der Waals surface area contributed by atoms with Crippen molar-refractivity contribution in [3.8, 4) is 5.75 Å². The van der Waals surface area contributed by atoms with Crippen molar-refractivity contribution in [3.05, 3.63) is 34.3 Å². The summed E-state index contributed by atoms with van der Waals surface area (Å²) in [7, 11) is 1.67. The summed E-state index contributed by atoms with van der Waals surface area (Å²) in [5, 5.41) is 0. The summed E-state index contributed by atoms with van der Waals surface area (Å²) in [6, 6.07) is 5.99. The third kappa shape index (κ3) is 4.26. The Balaban J connectivity index is 2.10. The normalized spacial score (nSPS) is 15.3. The predicted octanol–water partition coefficient (Wildman–Crippen LogP) is 4.48. The molecule has 1 amide bonds. The molecule has 0 spiro atoms. The maximum Gasteiger partial charge on any atom is 0.410 e. The lowest BCUT2D eigenvalue weighted by atomic mass is 9.99. The zero-order chi connectivity index (χ0) is 16.3. The summed E-state index contributed by atoms with van der Waals surface area (Å²) < 4.78 is 11.8. The van der Waals surface area contributed by atoms with Crippen molar-refractivity contribution >= 4 is 27.6 Å². The van der Waals surface area contributed by atoms with Gasteiger partial charge >= 0.3 is 6.09 Å². The topological polar surface area (TPSA) is 38.8 Å². The second-order valence-electron chi connectivity index (χ2n) is 6.25. The molecule has 1 aliphatic heterocycles. The Morgan fingerprint density at radius 1 is 1.32 bits per heavy atom. The number of ether oxygens (including phenoxy) is 2. The van der Waals surface area contributed by atoms with Gasteiger partial charge < -0.3 is 14.4 Å². The average Bonchev–Trinajstić information content (AvgIpc) is 2.45. The Morgan fingerprint density at radius 2 is 2.05 bits per heavy atom. The van der Waals surface area contributed by atoms with Crippen molar-refractivity contribution in [1.29, 1.82) is 0 Å². The number of rotatable bonds is 2. The average molecular weight is 368 g/mol. The molecule has 0 fully saturated rings. The van der Waals surface area contributed by atoms with Gasteiger partial charge in [-0.3, -0.25) is 0 Å². The molecule has 4 nitrogen and oxygen atoms in total. The number of hydrogen-bond donors (Lipinski definition) is 0. The number of halogens is 1. The van der Waals surface area contributed by atoms with Crippen molar-refractivity contribution in [3.63, 3.8) is 0 Å². The number of amides is 1. The maximum atomic E-state index is 12.1. The first-order valence-corrected chi connectivity index (χ1v) is 8.10. The molecule has 2 rings (SSSR count). The summed E-state index contributed by atoms with van der Waals surface area (Å²) in [5.41, 5.74) is 1.81. The summed E-state index contributed by atoms with van der Waals surface area (Å²) >= 11 is 3.45. The van der Waals surface area contributed by atoms with Crippen LogP contribution in [-0.2, 0) is 4.74 Å². The Bertz CT molecular complexity index is 590. The lowest BCUT2D eigenvalue weighted by Gasteiger charge is -2.30. The molecule has 1 heterocycles. The van der Waals surface area contributed by atoms with E-state index in [9.17, 15) is 4.79 Å². The zero-order valence-electron chi connectivity index (χ0n) is 13.5. The fourth-order valence-corrected chi connectivity index (χ4v) is 2.68.